The normalized spacial score (nSPS) is 39.0. The fourth-order valence-electron chi connectivity index (χ4n) is 4.48. The van der Waals surface area contributed by atoms with E-state index >= 15 is 0 Å². The van der Waals surface area contributed by atoms with Crippen LogP contribution in [0.4, 0.5) is 0 Å². The molecule has 1 saturated heterocycles. The van der Waals surface area contributed by atoms with Gasteiger partial charge in [-0.15, -0.1) is 0 Å². The van der Waals surface area contributed by atoms with Gasteiger partial charge >= 0.3 is 0 Å². The Labute approximate surface area is 118 Å². The maximum atomic E-state index is 6.66. The van der Waals surface area contributed by atoms with Gasteiger partial charge in [0.1, 0.15) is 0 Å². The molecule has 0 aromatic carbocycles. The molecule has 2 aliphatic carbocycles. The molecule has 3 atom stereocenters. The monoisotopic (exact) mass is 265 g/mol. The zero-order valence-electron chi connectivity index (χ0n) is 12.8. The number of morpholine rings is 1. The molecule has 3 unspecified atom stereocenters. The van der Waals surface area contributed by atoms with Gasteiger partial charge in [0.05, 0.1) is 11.7 Å². The maximum absolute atomic E-state index is 6.66. The molecule has 3 fully saturated rings. The van der Waals surface area contributed by atoms with E-state index in [-0.39, 0.29) is 5.60 Å². The van der Waals surface area contributed by atoms with Crippen LogP contribution in [0.2, 0.25) is 0 Å². The lowest BCUT2D eigenvalue weighted by atomic mass is 9.76. The van der Waals surface area contributed by atoms with Crippen molar-refractivity contribution in [3.8, 4) is 0 Å². The molecule has 19 heavy (non-hydrogen) atoms. The molecule has 0 aromatic heterocycles. The molecule has 2 nitrogen and oxygen atoms in total. The first-order valence-corrected chi connectivity index (χ1v) is 8.60. The first kappa shape index (κ1) is 13.9. The Hall–Kier alpha value is -0.0800. The lowest BCUT2D eigenvalue weighted by molar-refractivity contribution is -0.157. The number of hydrogen-bond acceptors (Lipinski definition) is 2. The van der Waals surface area contributed by atoms with Gasteiger partial charge in [0.15, 0.2) is 0 Å². The predicted octanol–water partition coefficient (Wildman–Crippen LogP) is 3.89. The second-order valence-electron chi connectivity index (χ2n) is 7.56. The van der Waals surface area contributed by atoms with Crippen molar-refractivity contribution in [1.29, 1.82) is 0 Å². The lowest BCUT2D eigenvalue weighted by Crippen LogP contribution is -2.60. The van der Waals surface area contributed by atoms with Crippen LogP contribution in [0.1, 0.15) is 71.6 Å². The van der Waals surface area contributed by atoms with Crippen molar-refractivity contribution < 1.29 is 4.74 Å². The van der Waals surface area contributed by atoms with Crippen LogP contribution in [0.15, 0.2) is 0 Å². The van der Waals surface area contributed by atoms with Gasteiger partial charge < -0.3 is 10.1 Å². The Morgan fingerprint density at radius 3 is 2.47 bits per heavy atom. The number of ether oxygens (including phenoxy) is 1. The summed E-state index contributed by atoms with van der Waals surface area (Å²) >= 11 is 0. The minimum atomic E-state index is 0.197. The Morgan fingerprint density at radius 1 is 1.05 bits per heavy atom. The highest BCUT2D eigenvalue weighted by molar-refractivity contribution is 4.97. The van der Waals surface area contributed by atoms with Gasteiger partial charge in [0.2, 0.25) is 0 Å². The largest absolute Gasteiger partial charge is 0.369 e. The fraction of sp³-hybridized carbons (Fsp3) is 1.00. The summed E-state index contributed by atoms with van der Waals surface area (Å²) in [4.78, 5) is 0. The van der Waals surface area contributed by atoms with Crippen molar-refractivity contribution in [2.24, 2.45) is 11.8 Å². The molecule has 1 spiro atoms. The molecule has 110 valence electrons. The molecule has 2 saturated carbocycles. The zero-order chi connectivity index (χ0) is 13.3. The molecule has 1 heterocycles. The predicted molar refractivity (Wildman–Crippen MR) is 79.3 cm³/mol. The van der Waals surface area contributed by atoms with Gasteiger partial charge in [-0.3, -0.25) is 0 Å². The number of fused-ring (bicyclic) bond motifs is 1. The van der Waals surface area contributed by atoms with Crippen LogP contribution < -0.4 is 5.32 Å². The third kappa shape index (κ3) is 3.00. The quantitative estimate of drug-likeness (QED) is 0.776. The Balaban J connectivity index is 1.62. The molecular weight excluding hydrogens is 234 g/mol. The number of rotatable bonds is 1. The Morgan fingerprint density at radius 2 is 1.79 bits per heavy atom. The van der Waals surface area contributed by atoms with Crippen LogP contribution >= 0.6 is 0 Å². The van der Waals surface area contributed by atoms with Crippen LogP contribution in [0.5, 0.6) is 0 Å². The van der Waals surface area contributed by atoms with Gasteiger partial charge in [-0.2, -0.15) is 0 Å². The second kappa shape index (κ2) is 5.73. The Bertz CT molecular complexity index is 294. The van der Waals surface area contributed by atoms with Crippen molar-refractivity contribution in [2.75, 3.05) is 6.54 Å². The lowest BCUT2D eigenvalue weighted by Gasteiger charge is -2.49. The van der Waals surface area contributed by atoms with E-state index in [1.54, 1.807) is 0 Å². The van der Waals surface area contributed by atoms with Gasteiger partial charge in [-0.05, 0) is 43.9 Å². The summed E-state index contributed by atoms with van der Waals surface area (Å²) in [5, 5.41) is 3.87. The number of hydrogen-bond donors (Lipinski definition) is 1. The third-order valence-corrected chi connectivity index (χ3v) is 5.87. The average molecular weight is 265 g/mol. The van der Waals surface area contributed by atoms with E-state index in [0.717, 1.165) is 18.4 Å². The van der Waals surface area contributed by atoms with Crippen LogP contribution in [0.3, 0.4) is 0 Å². The van der Waals surface area contributed by atoms with Crippen molar-refractivity contribution in [1.82, 2.24) is 5.32 Å². The SMILES string of the molecule is CC(C)C1CCC2OC3(CCCCCC3)CNC2C1. The molecule has 0 radical (unpaired) electrons. The van der Waals surface area contributed by atoms with Gasteiger partial charge in [-0.25, -0.2) is 0 Å². The summed E-state index contributed by atoms with van der Waals surface area (Å²) < 4.78 is 6.66. The highest BCUT2D eigenvalue weighted by Gasteiger charge is 2.43. The van der Waals surface area contributed by atoms with Crippen LogP contribution in [-0.4, -0.2) is 24.3 Å². The fourth-order valence-corrected chi connectivity index (χ4v) is 4.48. The molecule has 1 N–H and O–H groups in total. The first-order chi connectivity index (χ1) is 9.19. The van der Waals surface area contributed by atoms with Crippen LogP contribution in [-0.2, 0) is 4.74 Å². The molecule has 0 bridgehead atoms. The molecule has 3 rings (SSSR count). The molecule has 0 amide bonds. The average Bonchev–Trinajstić information content (AvgIpc) is 2.64. The second-order valence-corrected chi connectivity index (χ2v) is 7.56. The summed E-state index contributed by atoms with van der Waals surface area (Å²) in [6.45, 7) is 5.86. The van der Waals surface area contributed by atoms with Gasteiger partial charge in [-0.1, -0.05) is 39.5 Å². The standard InChI is InChI=1S/C17H31NO/c1-13(2)14-7-8-16-15(11-14)18-12-17(19-16)9-5-3-4-6-10-17/h13-16,18H,3-12H2,1-2H3. The molecular formula is C17H31NO. The van der Waals surface area contributed by atoms with Crippen molar-refractivity contribution >= 4 is 0 Å². The van der Waals surface area contributed by atoms with E-state index in [1.165, 1.54) is 57.8 Å². The van der Waals surface area contributed by atoms with Crippen LogP contribution in [0, 0.1) is 11.8 Å². The van der Waals surface area contributed by atoms with E-state index in [4.69, 9.17) is 4.74 Å². The smallest absolute Gasteiger partial charge is 0.0810 e. The molecule has 2 heteroatoms. The van der Waals surface area contributed by atoms with Gasteiger partial charge in [0.25, 0.3) is 0 Å². The minimum absolute atomic E-state index is 0.197. The van der Waals surface area contributed by atoms with E-state index in [1.807, 2.05) is 0 Å². The molecule has 1 aliphatic heterocycles. The van der Waals surface area contributed by atoms with Crippen molar-refractivity contribution in [2.45, 2.75) is 89.4 Å². The summed E-state index contributed by atoms with van der Waals surface area (Å²) in [7, 11) is 0. The maximum Gasteiger partial charge on any atom is 0.0810 e. The Kier molecular flexibility index (Phi) is 4.19. The topological polar surface area (TPSA) is 21.3 Å². The summed E-state index contributed by atoms with van der Waals surface area (Å²) in [6, 6.07) is 0.634. The van der Waals surface area contributed by atoms with E-state index in [9.17, 15) is 0 Å². The summed E-state index contributed by atoms with van der Waals surface area (Å²) in [5.41, 5.74) is 0.197. The van der Waals surface area contributed by atoms with E-state index < -0.39 is 0 Å². The van der Waals surface area contributed by atoms with E-state index in [0.29, 0.717) is 12.1 Å². The zero-order valence-corrected chi connectivity index (χ0v) is 12.8. The highest BCUT2D eigenvalue weighted by atomic mass is 16.5. The summed E-state index contributed by atoms with van der Waals surface area (Å²) in [6.07, 6.45) is 12.6. The van der Waals surface area contributed by atoms with E-state index in [2.05, 4.69) is 19.2 Å². The minimum Gasteiger partial charge on any atom is -0.369 e. The van der Waals surface area contributed by atoms with Crippen molar-refractivity contribution in [3.63, 3.8) is 0 Å². The number of nitrogens with one attached hydrogen (secondary N) is 1. The third-order valence-electron chi connectivity index (χ3n) is 5.87. The first-order valence-electron chi connectivity index (χ1n) is 8.60. The van der Waals surface area contributed by atoms with Gasteiger partial charge in [0, 0.05) is 12.6 Å². The van der Waals surface area contributed by atoms with Crippen LogP contribution in [0.25, 0.3) is 0 Å². The molecule has 0 aromatic rings. The highest BCUT2D eigenvalue weighted by Crippen LogP contribution is 2.40. The van der Waals surface area contributed by atoms with Crippen molar-refractivity contribution in [3.05, 3.63) is 0 Å². The molecule has 3 aliphatic rings. The summed E-state index contributed by atoms with van der Waals surface area (Å²) in [5.74, 6) is 1.73.